The fraction of sp³-hybridized carbons (Fsp3) is 0.879. The minimum Gasteiger partial charge on any atom is -0.374 e. The molecule has 0 saturated carbocycles. The first kappa shape index (κ1) is 33.4. The van der Waals surface area contributed by atoms with Gasteiger partial charge in [0.15, 0.2) is 0 Å². The average molecular weight is 506 g/mol. The summed E-state index contributed by atoms with van der Waals surface area (Å²) in [6, 6.07) is 0. The van der Waals surface area contributed by atoms with Crippen LogP contribution in [0, 0.1) is 0 Å². The number of rotatable bonds is 26. The van der Waals surface area contributed by atoms with Gasteiger partial charge in [0.25, 0.3) is 0 Å². The van der Waals surface area contributed by atoms with E-state index < -0.39 is 0 Å². The highest BCUT2D eigenvalue weighted by atomic mass is 16.5. The van der Waals surface area contributed by atoms with Gasteiger partial charge in [-0.15, -0.1) is 0 Å². The Labute approximate surface area is 226 Å². The lowest BCUT2D eigenvalue weighted by atomic mass is 10.1. The Balaban J connectivity index is 1.92. The molecule has 2 atom stereocenters. The molecular weight excluding hydrogens is 442 g/mol. The molecule has 1 rings (SSSR count). The smallest absolute Gasteiger partial charge is 0.0975 e. The topological polar surface area (TPSA) is 21.7 Å². The third-order valence-electron chi connectivity index (χ3n) is 7.37. The molecule has 0 bridgehead atoms. The van der Waals surface area contributed by atoms with E-state index in [2.05, 4.69) is 50.1 Å². The van der Waals surface area contributed by atoms with Crippen LogP contribution in [0.25, 0.3) is 0 Å². The van der Waals surface area contributed by atoms with Gasteiger partial charge in [-0.1, -0.05) is 115 Å². The van der Waals surface area contributed by atoms with Crippen LogP contribution in [0.5, 0.6) is 0 Å². The highest BCUT2D eigenvalue weighted by Gasteiger charge is 2.32. The third kappa shape index (κ3) is 20.4. The first-order valence-electron chi connectivity index (χ1n) is 16.0. The predicted octanol–water partition coefficient (Wildman–Crippen LogP) is 9.66. The Morgan fingerprint density at radius 1 is 0.500 bits per heavy atom. The standard InChI is InChI=1S/C33H63NO2/c1-4-6-8-10-12-14-16-18-20-22-24-26-28-35-32-30-34(3)31-33(32)36-29-27-25-23-21-19-17-15-13-11-9-7-5-2/h10-13,32-33H,4-9,14-31H2,1-3H3/t32-,33?/m1/s1. The minimum absolute atomic E-state index is 0.264. The van der Waals surface area contributed by atoms with Gasteiger partial charge in [-0.2, -0.15) is 0 Å². The average Bonchev–Trinajstić information content (AvgIpc) is 3.23. The van der Waals surface area contributed by atoms with Gasteiger partial charge in [-0.25, -0.2) is 0 Å². The van der Waals surface area contributed by atoms with Crippen LogP contribution in [-0.4, -0.2) is 50.5 Å². The summed E-state index contributed by atoms with van der Waals surface area (Å²) in [7, 11) is 2.19. The summed E-state index contributed by atoms with van der Waals surface area (Å²) in [6.45, 7) is 8.35. The molecule has 3 heteroatoms. The van der Waals surface area contributed by atoms with Crippen molar-refractivity contribution in [3.63, 3.8) is 0 Å². The summed E-state index contributed by atoms with van der Waals surface area (Å²) in [6.07, 6.45) is 36.2. The Bertz CT molecular complexity index is 460. The largest absolute Gasteiger partial charge is 0.374 e. The van der Waals surface area contributed by atoms with E-state index in [1.807, 2.05) is 0 Å². The summed E-state index contributed by atoms with van der Waals surface area (Å²) in [4.78, 5) is 2.36. The highest BCUT2D eigenvalue weighted by Crippen LogP contribution is 2.17. The predicted molar refractivity (Wildman–Crippen MR) is 159 cm³/mol. The molecule has 0 spiro atoms. The van der Waals surface area contributed by atoms with E-state index in [0.717, 1.165) is 26.3 Å². The van der Waals surface area contributed by atoms with Crippen LogP contribution in [0.15, 0.2) is 24.3 Å². The van der Waals surface area contributed by atoms with Crippen LogP contribution in [0.4, 0.5) is 0 Å². The zero-order chi connectivity index (χ0) is 25.9. The first-order valence-corrected chi connectivity index (χ1v) is 16.0. The lowest BCUT2D eigenvalue weighted by molar-refractivity contribution is -0.0481. The van der Waals surface area contributed by atoms with Gasteiger partial charge in [0.1, 0.15) is 0 Å². The Morgan fingerprint density at radius 3 is 1.22 bits per heavy atom. The van der Waals surface area contributed by atoms with Crippen molar-refractivity contribution in [3.8, 4) is 0 Å². The van der Waals surface area contributed by atoms with Crippen LogP contribution in [0.3, 0.4) is 0 Å². The molecule has 0 aromatic heterocycles. The van der Waals surface area contributed by atoms with Gasteiger partial charge >= 0.3 is 0 Å². The van der Waals surface area contributed by atoms with E-state index in [1.54, 1.807) is 0 Å². The second kappa shape index (κ2) is 26.0. The van der Waals surface area contributed by atoms with E-state index >= 15 is 0 Å². The van der Waals surface area contributed by atoms with Crippen LogP contribution in [0.1, 0.15) is 142 Å². The molecule has 0 N–H and O–H groups in total. The van der Waals surface area contributed by atoms with Crippen molar-refractivity contribution in [1.29, 1.82) is 0 Å². The van der Waals surface area contributed by atoms with Crippen LogP contribution in [-0.2, 0) is 9.47 Å². The van der Waals surface area contributed by atoms with E-state index in [4.69, 9.17) is 9.47 Å². The molecule has 0 amide bonds. The number of likely N-dealkylation sites (tertiary alicyclic amines) is 1. The Morgan fingerprint density at radius 2 is 0.833 bits per heavy atom. The van der Waals surface area contributed by atoms with Gasteiger partial charge in [-0.3, -0.25) is 0 Å². The molecule has 212 valence electrons. The molecular formula is C33H63NO2. The zero-order valence-corrected chi connectivity index (χ0v) is 24.7. The SMILES string of the molecule is CCCCC=CCCCCCCCCOC1CN(C)C[C@H]1OCCCCCCCCC=CCCCC. The number of nitrogens with zero attached hydrogens (tertiary/aromatic N) is 1. The van der Waals surface area contributed by atoms with Crippen molar-refractivity contribution < 1.29 is 9.47 Å². The van der Waals surface area contributed by atoms with Crippen molar-refractivity contribution >= 4 is 0 Å². The fourth-order valence-corrected chi connectivity index (χ4v) is 4.97. The lowest BCUT2D eigenvalue weighted by Gasteiger charge is -2.20. The first-order chi connectivity index (χ1) is 17.8. The summed E-state index contributed by atoms with van der Waals surface area (Å²) >= 11 is 0. The number of hydrogen-bond acceptors (Lipinski definition) is 3. The summed E-state index contributed by atoms with van der Waals surface area (Å²) in [5.74, 6) is 0. The summed E-state index contributed by atoms with van der Waals surface area (Å²) in [5.41, 5.74) is 0. The van der Waals surface area contributed by atoms with E-state index in [9.17, 15) is 0 Å². The molecule has 1 aliphatic heterocycles. The van der Waals surface area contributed by atoms with Crippen LogP contribution >= 0.6 is 0 Å². The number of unbranched alkanes of at least 4 members (excludes halogenated alkanes) is 16. The van der Waals surface area contributed by atoms with Gasteiger partial charge < -0.3 is 14.4 Å². The van der Waals surface area contributed by atoms with Crippen molar-refractivity contribution in [3.05, 3.63) is 24.3 Å². The van der Waals surface area contributed by atoms with Crippen molar-refractivity contribution in [2.45, 2.75) is 154 Å². The van der Waals surface area contributed by atoms with Gasteiger partial charge in [0.05, 0.1) is 12.2 Å². The van der Waals surface area contributed by atoms with Gasteiger partial charge in [0.2, 0.25) is 0 Å². The zero-order valence-electron chi connectivity index (χ0n) is 24.7. The molecule has 0 radical (unpaired) electrons. The number of ether oxygens (including phenoxy) is 2. The second-order valence-corrected chi connectivity index (χ2v) is 11.1. The van der Waals surface area contributed by atoms with Gasteiger partial charge in [-0.05, 0) is 58.4 Å². The molecule has 1 aliphatic rings. The number of allylic oxidation sites excluding steroid dienone is 4. The maximum atomic E-state index is 6.26. The molecule has 1 fully saturated rings. The molecule has 3 nitrogen and oxygen atoms in total. The maximum Gasteiger partial charge on any atom is 0.0975 e. The van der Waals surface area contributed by atoms with Gasteiger partial charge in [0, 0.05) is 26.3 Å². The summed E-state index contributed by atoms with van der Waals surface area (Å²) < 4.78 is 12.5. The van der Waals surface area contributed by atoms with E-state index in [1.165, 1.54) is 128 Å². The third-order valence-corrected chi connectivity index (χ3v) is 7.37. The molecule has 0 aromatic carbocycles. The van der Waals surface area contributed by atoms with Crippen molar-refractivity contribution in [1.82, 2.24) is 4.90 Å². The van der Waals surface area contributed by atoms with Crippen LogP contribution < -0.4 is 0 Å². The lowest BCUT2D eigenvalue weighted by Crippen LogP contribution is -2.30. The van der Waals surface area contributed by atoms with E-state index in [0.29, 0.717) is 0 Å². The molecule has 1 unspecified atom stereocenters. The van der Waals surface area contributed by atoms with Crippen LogP contribution in [0.2, 0.25) is 0 Å². The summed E-state index contributed by atoms with van der Waals surface area (Å²) in [5, 5.41) is 0. The maximum absolute atomic E-state index is 6.26. The number of likely N-dealkylation sites (N-methyl/N-ethyl adjacent to an activating group) is 1. The molecule has 36 heavy (non-hydrogen) atoms. The van der Waals surface area contributed by atoms with Crippen molar-refractivity contribution in [2.24, 2.45) is 0 Å². The monoisotopic (exact) mass is 505 g/mol. The quantitative estimate of drug-likeness (QED) is 0.0862. The highest BCUT2D eigenvalue weighted by molar-refractivity contribution is 4.84. The Hall–Kier alpha value is -0.640. The van der Waals surface area contributed by atoms with Crippen molar-refractivity contribution in [2.75, 3.05) is 33.4 Å². The Kier molecular flexibility index (Phi) is 24.1. The molecule has 0 aromatic rings. The molecule has 1 heterocycles. The molecule has 1 saturated heterocycles. The van der Waals surface area contributed by atoms with E-state index in [-0.39, 0.29) is 12.2 Å². The number of hydrogen-bond donors (Lipinski definition) is 0. The second-order valence-electron chi connectivity index (χ2n) is 11.1. The molecule has 0 aliphatic carbocycles. The minimum atomic E-state index is 0.264. The normalized spacial score (nSPS) is 18.9. The fourth-order valence-electron chi connectivity index (χ4n) is 4.97.